The molecule has 0 N–H and O–H groups in total. The van der Waals surface area contributed by atoms with Crippen molar-refractivity contribution in [3.8, 4) is 0 Å². The highest BCUT2D eigenvalue weighted by Gasteiger charge is 2.68. The number of esters is 1. The van der Waals surface area contributed by atoms with Crippen molar-refractivity contribution in [1.82, 2.24) is 0 Å². The van der Waals surface area contributed by atoms with Crippen LogP contribution < -0.4 is 0 Å². The van der Waals surface area contributed by atoms with E-state index in [1.54, 1.807) is 0 Å². The third-order valence-electron chi connectivity index (χ3n) is 16.4. The first-order valence-corrected chi connectivity index (χ1v) is 21.2. The van der Waals surface area contributed by atoms with Crippen LogP contribution in [0.1, 0.15) is 204 Å². The van der Waals surface area contributed by atoms with E-state index in [-0.39, 0.29) is 17.5 Å². The maximum Gasteiger partial charge on any atom is 0.306 e. The van der Waals surface area contributed by atoms with Crippen LogP contribution in [-0.2, 0) is 9.53 Å². The van der Waals surface area contributed by atoms with Gasteiger partial charge in [-0.3, -0.25) is 4.79 Å². The maximum absolute atomic E-state index is 13.2. The van der Waals surface area contributed by atoms with Crippen molar-refractivity contribution in [3.05, 3.63) is 23.8 Å². The number of rotatable bonds is 14. The van der Waals surface area contributed by atoms with E-state index in [1.165, 1.54) is 116 Å². The first kappa shape index (κ1) is 38.2. The monoisotopic (exact) mass is 663 g/mol. The lowest BCUT2D eigenvalue weighted by Crippen LogP contribution is -2.64. The van der Waals surface area contributed by atoms with Gasteiger partial charge in [0.25, 0.3) is 0 Å². The van der Waals surface area contributed by atoms with Gasteiger partial charge in [-0.25, -0.2) is 0 Å². The van der Waals surface area contributed by atoms with Gasteiger partial charge < -0.3 is 4.74 Å². The molecule has 2 heteroatoms. The smallest absolute Gasteiger partial charge is 0.306 e. The van der Waals surface area contributed by atoms with Crippen molar-refractivity contribution in [1.29, 1.82) is 0 Å². The van der Waals surface area contributed by atoms with Gasteiger partial charge in [0.1, 0.15) is 6.10 Å². The van der Waals surface area contributed by atoms with Gasteiger partial charge in [0.15, 0.2) is 0 Å². The summed E-state index contributed by atoms with van der Waals surface area (Å²) in [5.74, 6) is 2.15. The molecule has 48 heavy (non-hydrogen) atoms. The zero-order chi connectivity index (χ0) is 34.8. The largest absolute Gasteiger partial charge is 0.462 e. The van der Waals surface area contributed by atoms with Gasteiger partial charge in [-0.05, 0) is 141 Å². The topological polar surface area (TPSA) is 26.3 Å². The molecule has 5 aliphatic carbocycles. The van der Waals surface area contributed by atoms with E-state index in [1.807, 2.05) is 5.57 Å². The second kappa shape index (κ2) is 14.9. The molecular formula is C46H78O2. The maximum atomic E-state index is 13.2. The summed E-state index contributed by atoms with van der Waals surface area (Å²) < 4.78 is 6.40. The van der Waals surface area contributed by atoms with Crippen molar-refractivity contribution in [2.45, 2.75) is 210 Å². The zero-order valence-electron chi connectivity index (χ0n) is 33.4. The second-order valence-electron chi connectivity index (χ2n) is 20.3. The van der Waals surface area contributed by atoms with E-state index in [0.29, 0.717) is 39.4 Å². The first-order chi connectivity index (χ1) is 22.6. The molecule has 0 amide bonds. The quantitative estimate of drug-likeness (QED) is 0.105. The highest BCUT2D eigenvalue weighted by atomic mass is 16.5. The van der Waals surface area contributed by atoms with Crippen LogP contribution in [0.4, 0.5) is 0 Å². The Labute approximate surface area is 298 Å². The number of hydrogen-bond acceptors (Lipinski definition) is 2. The van der Waals surface area contributed by atoms with Crippen molar-refractivity contribution in [2.75, 3.05) is 0 Å². The second-order valence-corrected chi connectivity index (χ2v) is 20.3. The van der Waals surface area contributed by atoms with E-state index >= 15 is 0 Å². The van der Waals surface area contributed by atoms with Crippen molar-refractivity contribution < 1.29 is 9.53 Å². The SMILES string of the molecule is CCCCCCC=CCCCCCCCC(=O)OC1CCC2(C)C(CCC3(C)C2CC=C2C4CC(C)(C)CCC4(C)CCC23C)C1(C)C. The molecule has 0 spiro atoms. The van der Waals surface area contributed by atoms with Crippen LogP contribution in [0.2, 0.25) is 0 Å². The van der Waals surface area contributed by atoms with Crippen molar-refractivity contribution in [3.63, 3.8) is 0 Å². The van der Waals surface area contributed by atoms with Crippen LogP contribution >= 0.6 is 0 Å². The van der Waals surface area contributed by atoms with Gasteiger partial charge in [-0.2, -0.15) is 0 Å². The van der Waals surface area contributed by atoms with Crippen LogP contribution in [0.25, 0.3) is 0 Å². The van der Waals surface area contributed by atoms with E-state index in [9.17, 15) is 4.79 Å². The Bertz CT molecular complexity index is 1160. The van der Waals surface area contributed by atoms with Gasteiger partial charge >= 0.3 is 5.97 Å². The van der Waals surface area contributed by atoms with Crippen LogP contribution in [0.3, 0.4) is 0 Å². The molecule has 5 rings (SSSR count). The summed E-state index contributed by atoms with van der Waals surface area (Å²) in [6.45, 7) is 23.0. The molecule has 8 atom stereocenters. The number of carbonyl (C=O) groups is 1. The molecule has 0 aromatic heterocycles. The highest BCUT2D eigenvalue weighted by Crippen LogP contribution is 2.75. The molecule has 0 saturated heterocycles. The molecule has 4 fully saturated rings. The Balaban J connectivity index is 1.13. The van der Waals surface area contributed by atoms with Gasteiger partial charge in [-0.1, -0.05) is 125 Å². The number of fused-ring (bicyclic) bond motifs is 7. The van der Waals surface area contributed by atoms with Crippen LogP contribution in [-0.4, -0.2) is 12.1 Å². The predicted octanol–water partition coefficient (Wildman–Crippen LogP) is 14.0. The summed E-state index contributed by atoms with van der Waals surface area (Å²) in [7, 11) is 0. The Hall–Kier alpha value is -1.05. The molecule has 8 unspecified atom stereocenters. The first-order valence-electron chi connectivity index (χ1n) is 21.2. The van der Waals surface area contributed by atoms with E-state index in [4.69, 9.17) is 4.74 Å². The summed E-state index contributed by atoms with van der Waals surface area (Å²) in [6, 6.07) is 0. The molecule has 5 aliphatic rings. The fourth-order valence-corrected chi connectivity index (χ4v) is 12.9. The zero-order valence-corrected chi connectivity index (χ0v) is 33.4. The lowest BCUT2D eigenvalue weighted by Gasteiger charge is -2.71. The van der Waals surface area contributed by atoms with Gasteiger partial charge in [0, 0.05) is 11.8 Å². The van der Waals surface area contributed by atoms with Crippen LogP contribution in [0.5, 0.6) is 0 Å². The average molecular weight is 663 g/mol. The number of carbonyl (C=O) groups excluding carboxylic acids is 1. The van der Waals surface area contributed by atoms with Gasteiger partial charge in [0.2, 0.25) is 0 Å². The summed E-state index contributed by atoms with van der Waals surface area (Å²) in [5, 5.41) is 0. The van der Waals surface area contributed by atoms with E-state index < -0.39 is 0 Å². The summed E-state index contributed by atoms with van der Waals surface area (Å²) in [6.07, 6.45) is 35.1. The fourth-order valence-electron chi connectivity index (χ4n) is 12.9. The minimum atomic E-state index is 0.0247. The minimum Gasteiger partial charge on any atom is -0.462 e. The molecule has 0 aromatic carbocycles. The number of allylic oxidation sites excluding steroid dienone is 4. The molecule has 0 bridgehead atoms. The normalized spacial score (nSPS) is 39.9. The summed E-state index contributed by atoms with van der Waals surface area (Å²) >= 11 is 0. The number of unbranched alkanes of at least 4 members (excludes halogenated alkanes) is 9. The van der Waals surface area contributed by atoms with E-state index in [2.05, 4.69) is 80.5 Å². The van der Waals surface area contributed by atoms with Gasteiger partial charge in [0.05, 0.1) is 0 Å². The standard InChI is InChI=1S/C46H78O2/c1-10-11-12-13-14-15-16-17-18-19-20-21-22-23-40(47)48-39-27-28-44(7)37(42(39,4)5)26-29-46(9)38(44)25-24-35-36-34-41(2,3)30-31-43(36,6)32-33-45(35,46)8/h15-16,24,36-39H,10-14,17-23,25-34H2,1-9H3. The van der Waals surface area contributed by atoms with Crippen LogP contribution in [0.15, 0.2) is 23.8 Å². The third kappa shape index (κ3) is 7.31. The Morgan fingerprint density at radius 2 is 1.40 bits per heavy atom. The Morgan fingerprint density at radius 3 is 2.10 bits per heavy atom. The molecule has 274 valence electrons. The number of ether oxygens (including phenoxy) is 1. The molecule has 0 heterocycles. The molecule has 4 saturated carbocycles. The molecule has 0 radical (unpaired) electrons. The molecule has 2 nitrogen and oxygen atoms in total. The van der Waals surface area contributed by atoms with Gasteiger partial charge in [-0.15, -0.1) is 0 Å². The fraction of sp³-hybridized carbons (Fsp3) is 0.891. The Kier molecular flexibility index (Phi) is 11.8. The molecular weight excluding hydrogens is 585 g/mol. The lowest BCUT2D eigenvalue weighted by atomic mass is 9.33. The van der Waals surface area contributed by atoms with Crippen LogP contribution in [0, 0.1) is 50.2 Å². The predicted molar refractivity (Wildman–Crippen MR) is 205 cm³/mol. The molecule has 0 aromatic rings. The minimum absolute atomic E-state index is 0.0247. The van der Waals surface area contributed by atoms with E-state index in [0.717, 1.165) is 31.1 Å². The number of hydrogen-bond donors (Lipinski definition) is 0. The summed E-state index contributed by atoms with van der Waals surface area (Å²) in [4.78, 5) is 13.2. The average Bonchev–Trinajstić information content (AvgIpc) is 3.02. The highest BCUT2D eigenvalue weighted by molar-refractivity contribution is 5.69. The molecule has 0 aliphatic heterocycles. The van der Waals surface area contributed by atoms with Crippen molar-refractivity contribution >= 4 is 5.97 Å². The van der Waals surface area contributed by atoms with Crippen molar-refractivity contribution in [2.24, 2.45) is 50.2 Å². The summed E-state index contributed by atoms with van der Waals surface area (Å²) in [5.41, 5.74) is 3.85. The Morgan fingerprint density at radius 1 is 0.750 bits per heavy atom. The lowest BCUT2D eigenvalue weighted by molar-refractivity contribution is -0.212. The third-order valence-corrected chi connectivity index (χ3v) is 16.4.